The fourth-order valence-corrected chi connectivity index (χ4v) is 4.95. The second-order valence-electron chi connectivity index (χ2n) is 9.57. The van der Waals surface area contributed by atoms with Crippen LogP contribution in [0.2, 0.25) is 0 Å². The molecule has 0 saturated carbocycles. The number of methoxy groups -OCH3 is 2. The zero-order chi connectivity index (χ0) is 26.0. The first-order valence-corrected chi connectivity index (χ1v) is 13.6. The third kappa shape index (κ3) is 9.74. The molecule has 1 unspecified atom stereocenters. The summed E-state index contributed by atoms with van der Waals surface area (Å²) < 4.78 is 29.0. The number of rotatable bonds is 15. The molecule has 0 aliphatic heterocycles. The van der Waals surface area contributed by atoms with Gasteiger partial charge in [-0.1, -0.05) is 27.7 Å². The Bertz CT molecular complexity index is 922. The number of hydrogen-bond donors (Lipinski definition) is 1. The number of hydrogen-bond acceptors (Lipinski definition) is 7. The summed E-state index contributed by atoms with van der Waals surface area (Å²) in [7, 11) is 3.14. The minimum atomic E-state index is -1.38. The highest BCUT2D eigenvalue weighted by atomic mass is 32.2. The number of ether oxygens (including phenoxy) is 2. The zero-order valence-electron chi connectivity index (χ0n) is 22.2. The van der Waals surface area contributed by atoms with Crippen LogP contribution in [0.3, 0.4) is 0 Å². The Hall–Kier alpha value is -2.23. The third-order valence-electron chi connectivity index (χ3n) is 5.33. The molecule has 196 valence electrons. The molecule has 2 aromatic rings. The van der Waals surface area contributed by atoms with Crippen LogP contribution >= 0.6 is 0 Å². The molecule has 0 bridgehead atoms. The number of aryl methyl sites for hydroxylation is 1. The molecule has 2 rings (SSSR count). The van der Waals surface area contributed by atoms with E-state index < -0.39 is 11.2 Å². The lowest BCUT2D eigenvalue weighted by atomic mass is 10.1. The lowest BCUT2D eigenvalue weighted by molar-refractivity contribution is -0.118. The minimum Gasteiger partial charge on any atom is -0.616 e. The van der Waals surface area contributed by atoms with Crippen LogP contribution in [0.15, 0.2) is 22.6 Å². The van der Waals surface area contributed by atoms with Crippen LogP contribution in [-0.2, 0) is 21.7 Å². The Kier molecular flexibility index (Phi) is 11.9. The van der Waals surface area contributed by atoms with Gasteiger partial charge in [-0.25, -0.2) is 4.98 Å². The maximum Gasteiger partial charge on any atom is 0.269 e. The molecule has 1 atom stereocenters. The van der Waals surface area contributed by atoms with E-state index in [2.05, 4.69) is 42.9 Å². The quantitative estimate of drug-likeness (QED) is 0.287. The van der Waals surface area contributed by atoms with Gasteiger partial charge in [0.05, 0.1) is 14.2 Å². The second-order valence-corrected chi connectivity index (χ2v) is 11.0. The monoisotopic (exact) mass is 507 g/mol. The van der Waals surface area contributed by atoms with Crippen molar-refractivity contribution in [3.63, 3.8) is 0 Å². The van der Waals surface area contributed by atoms with Gasteiger partial charge in [0, 0.05) is 25.2 Å². The predicted octanol–water partition coefficient (Wildman–Crippen LogP) is 4.04. The van der Waals surface area contributed by atoms with Crippen LogP contribution in [0.4, 0.5) is 0 Å². The molecule has 0 radical (unpaired) electrons. The molecule has 1 heterocycles. The molecule has 1 N–H and O–H groups in total. The van der Waals surface area contributed by atoms with Gasteiger partial charge in [-0.2, -0.15) is 0 Å². The smallest absolute Gasteiger partial charge is 0.269 e. The van der Waals surface area contributed by atoms with Gasteiger partial charge in [-0.05, 0) is 61.1 Å². The number of carbonyl (C=O) groups excluding carboxylic acids is 1. The van der Waals surface area contributed by atoms with Gasteiger partial charge >= 0.3 is 0 Å². The van der Waals surface area contributed by atoms with Gasteiger partial charge < -0.3 is 28.7 Å². The van der Waals surface area contributed by atoms with Crippen molar-refractivity contribution in [2.45, 2.75) is 46.8 Å². The van der Waals surface area contributed by atoms with Gasteiger partial charge in [0.1, 0.15) is 11.5 Å². The first kappa shape index (κ1) is 29.0. The second kappa shape index (κ2) is 14.4. The lowest BCUT2D eigenvalue weighted by Gasteiger charge is -2.26. The van der Waals surface area contributed by atoms with E-state index in [0.717, 1.165) is 31.6 Å². The summed E-state index contributed by atoms with van der Waals surface area (Å²) in [5.41, 5.74) is 1.31. The van der Waals surface area contributed by atoms with E-state index in [0.29, 0.717) is 47.2 Å². The zero-order valence-corrected chi connectivity index (χ0v) is 23.0. The maximum atomic E-state index is 12.6. The standard InChI is InChI=1S/C26H41N3O5S/c1-18(2)14-29(15-19(3)4)12-8-11-27-25(30)17-35(31)16-22-20(5)34-26(28-22)21-9-10-23(32-6)24(13-21)33-7/h9-10,13,18-19H,8,11-12,14-17H2,1-7H3,(H,27,30). The molecule has 1 aromatic carbocycles. The van der Waals surface area contributed by atoms with E-state index in [1.54, 1.807) is 33.3 Å². The molecule has 9 heteroatoms. The molecule has 0 saturated heterocycles. The Morgan fingerprint density at radius 3 is 2.40 bits per heavy atom. The number of amides is 1. The van der Waals surface area contributed by atoms with Crippen molar-refractivity contribution < 1.29 is 23.2 Å². The molecule has 0 fully saturated rings. The van der Waals surface area contributed by atoms with E-state index in [1.807, 2.05) is 6.07 Å². The van der Waals surface area contributed by atoms with E-state index >= 15 is 0 Å². The fraction of sp³-hybridized carbons (Fsp3) is 0.615. The van der Waals surface area contributed by atoms with Crippen molar-refractivity contribution in [1.29, 1.82) is 0 Å². The molecular formula is C26H41N3O5S. The van der Waals surface area contributed by atoms with E-state index in [4.69, 9.17) is 13.9 Å². The van der Waals surface area contributed by atoms with Crippen LogP contribution in [0, 0.1) is 18.8 Å². The van der Waals surface area contributed by atoms with Crippen molar-refractivity contribution in [3.05, 3.63) is 29.7 Å². The summed E-state index contributed by atoms with van der Waals surface area (Å²) in [6, 6.07) is 5.38. The number of oxazole rings is 1. The largest absolute Gasteiger partial charge is 0.616 e. The average molecular weight is 508 g/mol. The van der Waals surface area contributed by atoms with Crippen LogP contribution < -0.4 is 14.8 Å². The molecule has 1 amide bonds. The topological polar surface area (TPSA) is 99.9 Å². The number of benzene rings is 1. The van der Waals surface area contributed by atoms with E-state index in [-0.39, 0.29) is 17.4 Å². The normalized spacial score (nSPS) is 12.4. The predicted molar refractivity (Wildman–Crippen MR) is 140 cm³/mol. The van der Waals surface area contributed by atoms with Gasteiger partial charge in [-0.15, -0.1) is 0 Å². The SMILES string of the molecule is COc1ccc(-c2nc(C[S+]([O-])CC(=O)NCCCN(CC(C)C)CC(C)C)c(C)o2)cc1OC. The van der Waals surface area contributed by atoms with Crippen molar-refractivity contribution in [2.24, 2.45) is 11.8 Å². The van der Waals surface area contributed by atoms with Crippen molar-refractivity contribution in [2.75, 3.05) is 46.2 Å². The van der Waals surface area contributed by atoms with Crippen LogP contribution in [-0.4, -0.2) is 66.5 Å². The highest BCUT2D eigenvalue weighted by Gasteiger charge is 2.20. The Labute approximate surface area is 212 Å². The van der Waals surface area contributed by atoms with Crippen molar-refractivity contribution >= 4 is 17.1 Å². The van der Waals surface area contributed by atoms with Gasteiger partial charge in [0.2, 0.25) is 5.89 Å². The first-order chi connectivity index (χ1) is 16.6. The first-order valence-electron chi connectivity index (χ1n) is 12.2. The van der Waals surface area contributed by atoms with Crippen LogP contribution in [0.5, 0.6) is 11.5 Å². The fourth-order valence-electron chi connectivity index (χ4n) is 3.88. The van der Waals surface area contributed by atoms with Crippen molar-refractivity contribution in [1.82, 2.24) is 15.2 Å². The van der Waals surface area contributed by atoms with Crippen LogP contribution in [0.25, 0.3) is 11.5 Å². The summed E-state index contributed by atoms with van der Waals surface area (Å²) >= 11 is -1.38. The molecule has 0 aliphatic carbocycles. The van der Waals surface area contributed by atoms with Gasteiger partial charge in [-0.3, -0.25) is 4.79 Å². The van der Waals surface area contributed by atoms with E-state index in [9.17, 15) is 9.35 Å². The Morgan fingerprint density at radius 2 is 1.80 bits per heavy atom. The molecule has 0 aliphatic rings. The summed E-state index contributed by atoms with van der Waals surface area (Å²) in [5, 5.41) is 2.90. The highest BCUT2D eigenvalue weighted by molar-refractivity contribution is 7.91. The number of nitrogens with zero attached hydrogens (tertiary/aromatic N) is 2. The lowest BCUT2D eigenvalue weighted by Crippen LogP contribution is -2.36. The number of carbonyl (C=O) groups is 1. The third-order valence-corrected chi connectivity index (χ3v) is 6.51. The number of aromatic nitrogens is 1. The summed E-state index contributed by atoms with van der Waals surface area (Å²) in [6.45, 7) is 14.3. The minimum absolute atomic E-state index is 0.0559. The molecule has 35 heavy (non-hydrogen) atoms. The average Bonchev–Trinajstić information content (AvgIpc) is 3.15. The van der Waals surface area contributed by atoms with Crippen LogP contribution in [0.1, 0.15) is 45.6 Å². The molecule has 1 aromatic heterocycles. The summed E-state index contributed by atoms with van der Waals surface area (Å²) in [4.78, 5) is 19.3. The summed E-state index contributed by atoms with van der Waals surface area (Å²) in [5.74, 6) is 3.29. The maximum absolute atomic E-state index is 12.6. The van der Waals surface area contributed by atoms with Gasteiger partial charge in [0.15, 0.2) is 23.0 Å². The molecule has 0 spiro atoms. The van der Waals surface area contributed by atoms with E-state index in [1.165, 1.54) is 0 Å². The molecular weight excluding hydrogens is 466 g/mol. The summed E-state index contributed by atoms with van der Waals surface area (Å²) in [6.07, 6.45) is 0.870. The van der Waals surface area contributed by atoms with Gasteiger partial charge in [0.25, 0.3) is 5.91 Å². The Morgan fingerprint density at radius 1 is 1.14 bits per heavy atom. The number of nitrogens with one attached hydrogen (secondary N) is 1. The molecule has 8 nitrogen and oxygen atoms in total. The Balaban J connectivity index is 1.84. The van der Waals surface area contributed by atoms with Crippen molar-refractivity contribution in [3.8, 4) is 23.0 Å². The highest BCUT2D eigenvalue weighted by Crippen LogP contribution is 2.32.